The van der Waals surface area contributed by atoms with Crippen molar-refractivity contribution in [2.45, 2.75) is 33.2 Å². The highest BCUT2D eigenvalue weighted by atomic mass is 16.2. The number of rotatable bonds is 5. The van der Waals surface area contributed by atoms with Crippen LogP contribution in [0.2, 0.25) is 0 Å². The Morgan fingerprint density at radius 3 is 2.23 bits per heavy atom. The van der Waals surface area contributed by atoms with Gasteiger partial charge in [-0.25, -0.2) is 0 Å². The lowest BCUT2D eigenvalue weighted by molar-refractivity contribution is -0.130. The van der Waals surface area contributed by atoms with Gasteiger partial charge in [0.2, 0.25) is 5.91 Å². The summed E-state index contributed by atoms with van der Waals surface area (Å²) in [5, 5.41) is 0. The van der Waals surface area contributed by atoms with E-state index in [1.165, 1.54) is 0 Å². The SMILES string of the molecule is CCN(C)C(=O)CCN(C)C(C)C. The first kappa shape index (κ1) is 12.4. The summed E-state index contributed by atoms with van der Waals surface area (Å²) >= 11 is 0. The van der Waals surface area contributed by atoms with Crippen molar-refractivity contribution in [2.75, 3.05) is 27.2 Å². The second-order valence-corrected chi connectivity index (χ2v) is 3.73. The molecule has 78 valence electrons. The summed E-state index contributed by atoms with van der Waals surface area (Å²) in [5.41, 5.74) is 0. The number of carbonyl (C=O) groups is 1. The van der Waals surface area contributed by atoms with Gasteiger partial charge in [-0.15, -0.1) is 0 Å². The summed E-state index contributed by atoms with van der Waals surface area (Å²) in [6, 6.07) is 0.514. The lowest BCUT2D eigenvalue weighted by atomic mass is 10.3. The second kappa shape index (κ2) is 5.97. The van der Waals surface area contributed by atoms with E-state index in [4.69, 9.17) is 0 Å². The van der Waals surface area contributed by atoms with Gasteiger partial charge in [-0.1, -0.05) is 0 Å². The van der Waals surface area contributed by atoms with Gasteiger partial charge in [-0.2, -0.15) is 0 Å². The molecule has 0 bridgehead atoms. The molecule has 0 saturated carbocycles. The average molecular weight is 186 g/mol. The molecule has 0 unspecified atom stereocenters. The molecule has 1 amide bonds. The molecule has 0 aromatic carbocycles. The summed E-state index contributed by atoms with van der Waals surface area (Å²) in [7, 11) is 3.89. The van der Waals surface area contributed by atoms with E-state index in [0.29, 0.717) is 12.5 Å². The maximum Gasteiger partial charge on any atom is 0.223 e. The fraction of sp³-hybridized carbons (Fsp3) is 0.900. The first-order valence-electron chi connectivity index (χ1n) is 4.93. The predicted molar refractivity (Wildman–Crippen MR) is 55.7 cm³/mol. The molecule has 0 aliphatic heterocycles. The molecular formula is C10H22N2O. The fourth-order valence-corrected chi connectivity index (χ4v) is 0.897. The van der Waals surface area contributed by atoms with E-state index in [2.05, 4.69) is 18.7 Å². The third-order valence-electron chi connectivity index (χ3n) is 2.46. The van der Waals surface area contributed by atoms with Gasteiger partial charge in [0.25, 0.3) is 0 Å². The van der Waals surface area contributed by atoms with Crippen LogP contribution < -0.4 is 0 Å². The van der Waals surface area contributed by atoms with Gasteiger partial charge in [0, 0.05) is 32.6 Å². The van der Waals surface area contributed by atoms with Crippen LogP contribution in [0, 0.1) is 0 Å². The minimum absolute atomic E-state index is 0.231. The van der Waals surface area contributed by atoms with Crippen LogP contribution in [0.15, 0.2) is 0 Å². The van der Waals surface area contributed by atoms with Crippen LogP contribution in [0.5, 0.6) is 0 Å². The van der Waals surface area contributed by atoms with Gasteiger partial charge in [0.05, 0.1) is 0 Å². The van der Waals surface area contributed by atoms with Gasteiger partial charge >= 0.3 is 0 Å². The van der Waals surface area contributed by atoms with Crippen molar-refractivity contribution in [1.29, 1.82) is 0 Å². The Morgan fingerprint density at radius 2 is 1.85 bits per heavy atom. The number of hydrogen-bond donors (Lipinski definition) is 0. The Balaban J connectivity index is 3.70. The van der Waals surface area contributed by atoms with Gasteiger partial charge in [-0.3, -0.25) is 4.79 Å². The summed E-state index contributed by atoms with van der Waals surface area (Å²) in [6.07, 6.45) is 0.624. The minimum atomic E-state index is 0.231. The van der Waals surface area contributed by atoms with Gasteiger partial charge in [0.1, 0.15) is 0 Å². The van der Waals surface area contributed by atoms with Crippen molar-refractivity contribution in [2.24, 2.45) is 0 Å². The Bertz CT molecular complexity index is 157. The van der Waals surface area contributed by atoms with E-state index >= 15 is 0 Å². The van der Waals surface area contributed by atoms with Crippen molar-refractivity contribution in [1.82, 2.24) is 9.80 Å². The van der Waals surface area contributed by atoms with Crippen molar-refractivity contribution < 1.29 is 4.79 Å². The standard InChI is InChI=1S/C10H22N2O/c1-6-11(4)10(13)7-8-12(5)9(2)3/h9H,6-8H2,1-5H3. The lowest BCUT2D eigenvalue weighted by Crippen LogP contribution is -2.33. The summed E-state index contributed by atoms with van der Waals surface area (Å²) in [5.74, 6) is 0.231. The largest absolute Gasteiger partial charge is 0.346 e. The Labute approximate surface area is 81.7 Å². The maximum absolute atomic E-state index is 11.4. The van der Waals surface area contributed by atoms with Crippen molar-refractivity contribution in [3.8, 4) is 0 Å². The zero-order chi connectivity index (χ0) is 10.4. The number of amides is 1. The van der Waals surface area contributed by atoms with Crippen molar-refractivity contribution in [3.63, 3.8) is 0 Å². The van der Waals surface area contributed by atoms with E-state index in [1.54, 1.807) is 4.90 Å². The fourth-order valence-electron chi connectivity index (χ4n) is 0.897. The topological polar surface area (TPSA) is 23.6 Å². The van der Waals surface area contributed by atoms with Crippen LogP contribution in [-0.4, -0.2) is 48.9 Å². The molecule has 3 nitrogen and oxygen atoms in total. The Kier molecular flexibility index (Phi) is 5.71. The van der Waals surface area contributed by atoms with Gasteiger partial charge in [-0.05, 0) is 27.8 Å². The average Bonchev–Trinajstić information content (AvgIpc) is 2.11. The molecule has 0 fully saturated rings. The predicted octanol–water partition coefficient (Wildman–Crippen LogP) is 1.19. The normalized spacial score (nSPS) is 11.0. The molecule has 0 aromatic heterocycles. The summed E-state index contributed by atoms with van der Waals surface area (Å²) < 4.78 is 0. The molecule has 0 heterocycles. The highest BCUT2D eigenvalue weighted by Crippen LogP contribution is 1.97. The highest BCUT2D eigenvalue weighted by Gasteiger charge is 2.09. The van der Waals surface area contributed by atoms with Crippen LogP contribution in [0.1, 0.15) is 27.2 Å². The molecule has 13 heavy (non-hydrogen) atoms. The van der Waals surface area contributed by atoms with Crippen LogP contribution in [0.25, 0.3) is 0 Å². The Hall–Kier alpha value is -0.570. The van der Waals surface area contributed by atoms with E-state index in [1.807, 2.05) is 21.0 Å². The third kappa shape index (κ3) is 4.88. The molecule has 3 heteroatoms. The van der Waals surface area contributed by atoms with Crippen LogP contribution >= 0.6 is 0 Å². The molecule has 0 rings (SSSR count). The number of hydrogen-bond acceptors (Lipinski definition) is 2. The minimum Gasteiger partial charge on any atom is -0.346 e. The molecule has 0 aliphatic rings. The summed E-state index contributed by atoms with van der Waals surface area (Å²) in [6.45, 7) is 7.90. The highest BCUT2D eigenvalue weighted by molar-refractivity contribution is 5.75. The van der Waals surface area contributed by atoms with E-state index in [0.717, 1.165) is 13.1 Å². The van der Waals surface area contributed by atoms with Crippen molar-refractivity contribution >= 4 is 5.91 Å². The Morgan fingerprint density at radius 1 is 1.31 bits per heavy atom. The zero-order valence-corrected chi connectivity index (χ0v) is 9.50. The molecule has 0 saturated heterocycles. The number of carbonyl (C=O) groups excluding carboxylic acids is 1. The van der Waals surface area contributed by atoms with E-state index in [9.17, 15) is 4.79 Å². The quantitative estimate of drug-likeness (QED) is 0.644. The van der Waals surface area contributed by atoms with E-state index < -0.39 is 0 Å². The number of nitrogens with zero attached hydrogens (tertiary/aromatic N) is 2. The lowest BCUT2D eigenvalue weighted by Gasteiger charge is -2.22. The van der Waals surface area contributed by atoms with Gasteiger partial charge in [0.15, 0.2) is 0 Å². The van der Waals surface area contributed by atoms with Gasteiger partial charge < -0.3 is 9.80 Å². The smallest absolute Gasteiger partial charge is 0.223 e. The maximum atomic E-state index is 11.4. The second-order valence-electron chi connectivity index (χ2n) is 3.73. The molecule has 0 spiro atoms. The van der Waals surface area contributed by atoms with Crippen LogP contribution in [0.4, 0.5) is 0 Å². The third-order valence-corrected chi connectivity index (χ3v) is 2.46. The monoisotopic (exact) mass is 186 g/mol. The zero-order valence-electron chi connectivity index (χ0n) is 9.50. The summed E-state index contributed by atoms with van der Waals surface area (Å²) in [4.78, 5) is 15.3. The molecular weight excluding hydrogens is 164 g/mol. The molecule has 0 aliphatic carbocycles. The van der Waals surface area contributed by atoms with Crippen LogP contribution in [-0.2, 0) is 4.79 Å². The van der Waals surface area contributed by atoms with E-state index in [-0.39, 0.29) is 5.91 Å². The molecule has 0 radical (unpaired) electrons. The van der Waals surface area contributed by atoms with Crippen LogP contribution in [0.3, 0.4) is 0 Å². The van der Waals surface area contributed by atoms with Crippen molar-refractivity contribution in [3.05, 3.63) is 0 Å². The molecule has 0 N–H and O–H groups in total. The molecule has 0 atom stereocenters. The molecule has 0 aromatic rings. The first-order chi connectivity index (χ1) is 5.99. The first-order valence-corrected chi connectivity index (χ1v) is 4.93.